The van der Waals surface area contributed by atoms with E-state index in [2.05, 4.69) is 27.7 Å². The predicted molar refractivity (Wildman–Crippen MR) is 156 cm³/mol. The summed E-state index contributed by atoms with van der Waals surface area (Å²) >= 11 is 0. The Bertz CT molecular complexity index is 1390. The third-order valence-electron chi connectivity index (χ3n) is 12.2. The Hall–Kier alpha value is -2.98. The van der Waals surface area contributed by atoms with Crippen LogP contribution in [0.25, 0.3) is 0 Å². The lowest BCUT2D eigenvalue weighted by Crippen LogP contribution is -2.71. The summed E-state index contributed by atoms with van der Waals surface area (Å²) in [7, 11) is 1.38. The molecule has 0 radical (unpaired) electrons. The second-order valence-electron chi connectivity index (χ2n) is 14.1. The molecule has 6 aliphatic rings. The average Bonchev–Trinajstić information content (AvgIpc) is 3.71. The molecule has 240 valence electrons. The van der Waals surface area contributed by atoms with Crippen molar-refractivity contribution in [2.75, 3.05) is 20.3 Å². The molecule has 10 heteroatoms. The number of esters is 4. The van der Waals surface area contributed by atoms with Gasteiger partial charge in [-0.05, 0) is 44.8 Å². The van der Waals surface area contributed by atoms with Gasteiger partial charge in [0.15, 0.2) is 0 Å². The zero-order valence-electron chi connectivity index (χ0n) is 26.9. The van der Waals surface area contributed by atoms with Gasteiger partial charge in [-0.3, -0.25) is 9.59 Å². The van der Waals surface area contributed by atoms with E-state index in [4.69, 9.17) is 28.4 Å². The highest BCUT2D eigenvalue weighted by Crippen LogP contribution is 2.74. The molecule has 3 aliphatic heterocycles. The fraction of sp³-hybridized carbons (Fsp3) is 0.706. The van der Waals surface area contributed by atoms with Crippen molar-refractivity contribution in [2.45, 2.75) is 98.2 Å². The number of carbonyl (C=O) groups excluding carboxylic acids is 4. The summed E-state index contributed by atoms with van der Waals surface area (Å²) in [6.07, 6.45) is 2.11. The molecule has 0 N–H and O–H groups in total. The van der Waals surface area contributed by atoms with Crippen molar-refractivity contribution in [3.8, 4) is 0 Å². The van der Waals surface area contributed by atoms with Crippen LogP contribution in [-0.4, -0.2) is 74.7 Å². The maximum Gasteiger partial charge on any atom is 0.334 e. The van der Waals surface area contributed by atoms with Crippen molar-refractivity contribution in [3.63, 3.8) is 0 Å². The minimum Gasteiger partial charge on any atom is -0.469 e. The molecule has 0 aromatic rings. The Morgan fingerprint density at radius 2 is 1.82 bits per heavy atom. The van der Waals surface area contributed by atoms with Gasteiger partial charge in [0.1, 0.15) is 18.8 Å². The van der Waals surface area contributed by atoms with Crippen molar-refractivity contribution in [1.82, 2.24) is 0 Å². The molecule has 4 fully saturated rings. The van der Waals surface area contributed by atoms with Gasteiger partial charge in [-0.1, -0.05) is 32.4 Å². The molecule has 3 aliphatic carbocycles. The Labute approximate surface area is 258 Å². The van der Waals surface area contributed by atoms with Gasteiger partial charge in [0, 0.05) is 59.0 Å². The fourth-order valence-corrected chi connectivity index (χ4v) is 10.2. The molecular weight excluding hydrogens is 568 g/mol. The molecule has 6 rings (SSSR count). The van der Waals surface area contributed by atoms with Crippen LogP contribution in [0, 0.1) is 34.0 Å². The number of ether oxygens (including phenoxy) is 6. The van der Waals surface area contributed by atoms with Crippen LogP contribution in [0.3, 0.4) is 0 Å². The summed E-state index contributed by atoms with van der Waals surface area (Å²) in [5.74, 6) is -2.35. The van der Waals surface area contributed by atoms with Gasteiger partial charge in [0.25, 0.3) is 0 Å². The molecule has 44 heavy (non-hydrogen) atoms. The topological polar surface area (TPSA) is 124 Å². The minimum atomic E-state index is -0.801. The Balaban J connectivity index is 1.54. The lowest BCUT2D eigenvalue weighted by molar-refractivity contribution is -0.251. The van der Waals surface area contributed by atoms with Crippen molar-refractivity contribution in [2.24, 2.45) is 34.0 Å². The number of cyclic esters (lactones) is 1. The van der Waals surface area contributed by atoms with E-state index in [-0.39, 0.29) is 49.3 Å². The highest BCUT2D eigenvalue weighted by Gasteiger charge is 2.78. The van der Waals surface area contributed by atoms with Crippen molar-refractivity contribution >= 4 is 23.9 Å². The molecule has 0 unspecified atom stereocenters. The summed E-state index contributed by atoms with van der Waals surface area (Å²) in [6.45, 7) is 13.8. The first-order valence-electron chi connectivity index (χ1n) is 15.7. The molecule has 11 atom stereocenters. The molecule has 3 heterocycles. The Morgan fingerprint density at radius 3 is 2.43 bits per heavy atom. The van der Waals surface area contributed by atoms with E-state index in [0.717, 1.165) is 11.1 Å². The van der Waals surface area contributed by atoms with E-state index in [1.54, 1.807) is 19.9 Å². The molecule has 2 saturated heterocycles. The number of hydrogen-bond acceptors (Lipinski definition) is 10. The second kappa shape index (κ2) is 10.5. The number of fused-ring (bicyclic) bond motifs is 4. The number of carbonyl (C=O) groups is 4. The number of hydrogen-bond donors (Lipinski definition) is 0. The Morgan fingerprint density at radius 1 is 1.09 bits per heavy atom. The normalized spacial score (nSPS) is 44.0. The number of methoxy groups -OCH3 is 1. The summed E-state index contributed by atoms with van der Waals surface area (Å²) in [4.78, 5) is 51.7. The minimum absolute atomic E-state index is 0.0659. The summed E-state index contributed by atoms with van der Waals surface area (Å²) in [5.41, 5.74) is 1.11. The van der Waals surface area contributed by atoms with E-state index in [0.29, 0.717) is 24.2 Å². The van der Waals surface area contributed by atoms with Crippen LogP contribution in [0.15, 0.2) is 34.4 Å². The molecule has 2 saturated carbocycles. The molecule has 0 spiro atoms. The third-order valence-corrected chi connectivity index (χ3v) is 12.2. The second-order valence-corrected chi connectivity index (χ2v) is 14.1. The zero-order chi connectivity index (χ0) is 31.9. The van der Waals surface area contributed by atoms with Crippen molar-refractivity contribution in [1.29, 1.82) is 0 Å². The monoisotopic (exact) mass is 612 g/mol. The maximum atomic E-state index is 13.4. The lowest BCUT2D eigenvalue weighted by Gasteiger charge is -2.65. The lowest BCUT2D eigenvalue weighted by atomic mass is 9.40. The van der Waals surface area contributed by atoms with Crippen LogP contribution < -0.4 is 0 Å². The van der Waals surface area contributed by atoms with Gasteiger partial charge in [-0.2, -0.15) is 0 Å². The first-order valence-corrected chi connectivity index (χ1v) is 15.7. The van der Waals surface area contributed by atoms with Gasteiger partial charge in [-0.25, -0.2) is 9.59 Å². The number of allylic oxidation sites excluding steroid dienone is 2. The van der Waals surface area contributed by atoms with Gasteiger partial charge in [0.2, 0.25) is 0 Å². The fourth-order valence-electron chi connectivity index (χ4n) is 10.2. The van der Waals surface area contributed by atoms with Gasteiger partial charge in [-0.15, -0.1) is 0 Å². The average molecular weight is 613 g/mol. The molecule has 0 amide bonds. The molecule has 10 nitrogen and oxygen atoms in total. The molecular formula is C34H44O10. The standard InChI is InChI=1S/C34H44O10/c1-9-16(2)30(37)44-24-14-23(42-18(4)35)32(5)15-41-27-28(32)33(24,6)22(13-25(36)39-8)34(7)26-17(3)20(12-21(26)43-29(27)34)19-10-11-40-31(19)38/h9-10,20-24,27-29H,11-15H2,1-8H3/b16-9+/t20-,21-,22-,23-,24+,27-,28+,29-,32-,33+,34-/m1/s1. The largest absolute Gasteiger partial charge is 0.469 e. The molecule has 0 aromatic carbocycles. The van der Waals surface area contributed by atoms with Crippen LogP contribution in [-0.2, 0) is 47.6 Å². The highest BCUT2D eigenvalue weighted by atomic mass is 16.6. The van der Waals surface area contributed by atoms with Crippen LogP contribution in [0.1, 0.15) is 67.7 Å². The Kier molecular flexibility index (Phi) is 7.43. The van der Waals surface area contributed by atoms with Crippen molar-refractivity contribution in [3.05, 3.63) is 34.4 Å². The molecule has 0 bridgehead atoms. The van der Waals surface area contributed by atoms with Crippen LogP contribution >= 0.6 is 0 Å². The SMILES string of the molecule is C/C=C(\C)C(=O)O[C@H]1C[C@@H](OC(C)=O)[C@@]2(C)CO[C@H]3[C@H]4O[C@@H]5C[C@@H](C6=CCOC6=O)C(C)=C5[C@@]4(C)[C@H](CC(=O)OC)[C@]1(C)[C@@H]32. The summed E-state index contributed by atoms with van der Waals surface area (Å²) < 4.78 is 36.5. The van der Waals surface area contributed by atoms with Gasteiger partial charge in [0.05, 0.1) is 32.0 Å². The highest BCUT2D eigenvalue weighted by molar-refractivity contribution is 5.92. The molecule has 0 aromatic heterocycles. The van der Waals surface area contributed by atoms with Crippen LogP contribution in [0.2, 0.25) is 0 Å². The van der Waals surface area contributed by atoms with E-state index in [1.807, 2.05) is 6.08 Å². The van der Waals surface area contributed by atoms with E-state index >= 15 is 0 Å². The first kappa shape index (κ1) is 31.0. The number of rotatable bonds is 6. The third kappa shape index (κ3) is 4.12. The van der Waals surface area contributed by atoms with Crippen molar-refractivity contribution < 1.29 is 47.6 Å². The van der Waals surface area contributed by atoms with E-state index in [1.165, 1.54) is 14.0 Å². The summed E-state index contributed by atoms with van der Waals surface area (Å²) in [6, 6.07) is 0. The van der Waals surface area contributed by atoms with Gasteiger partial charge < -0.3 is 28.4 Å². The van der Waals surface area contributed by atoms with E-state index < -0.39 is 58.5 Å². The first-order chi connectivity index (χ1) is 20.7. The smallest absolute Gasteiger partial charge is 0.334 e. The van der Waals surface area contributed by atoms with Crippen LogP contribution in [0.5, 0.6) is 0 Å². The van der Waals surface area contributed by atoms with Gasteiger partial charge >= 0.3 is 23.9 Å². The predicted octanol–water partition coefficient (Wildman–Crippen LogP) is 4.01. The zero-order valence-corrected chi connectivity index (χ0v) is 26.9. The maximum absolute atomic E-state index is 13.4. The quantitative estimate of drug-likeness (QED) is 0.188. The van der Waals surface area contributed by atoms with Crippen LogP contribution in [0.4, 0.5) is 0 Å². The summed E-state index contributed by atoms with van der Waals surface area (Å²) in [5, 5.41) is 0. The van der Waals surface area contributed by atoms with E-state index in [9.17, 15) is 19.2 Å².